The van der Waals surface area contributed by atoms with Crippen molar-refractivity contribution in [2.75, 3.05) is 26.7 Å². The van der Waals surface area contributed by atoms with Gasteiger partial charge in [-0.1, -0.05) is 88.7 Å². The summed E-state index contributed by atoms with van der Waals surface area (Å²) in [5, 5.41) is 49.6. The molecule has 1 saturated heterocycles. The van der Waals surface area contributed by atoms with E-state index in [0.29, 0.717) is 19.5 Å². The molecule has 0 bridgehead atoms. The van der Waals surface area contributed by atoms with E-state index in [2.05, 4.69) is 53.2 Å². The number of hydrogen-bond donors (Lipinski definition) is 12. The van der Waals surface area contributed by atoms with E-state index in [1.54, 1.807) is 40.8 Å². The molecular weight excluding hydrogens is 1090 g/mol. The average molecular weight is 1200 g/mol. The van der Waals surface area contributed by atoms with E-state index in [9.17, 15) is 63.0 Å². The fourth-order valence-electron chi connectivity index (χ4n) is 9.54. The summed E-state index contributed by atoms with van der Waals surface area (Å²) in [5.74, 6) is -8.27. The van der Waals surface area contributed by atoms with Crippen molar-refractivity contribution >= 4 is 64.9 Å². The zero-order chi connectivity index (χ0) is 65.5. The van der Waals surface area contributed by atoms with Crippen LogP contribution in [0.2, 0.25) is 0 Å². The number of likely N-dealkylation sites (tertiary alicyclic amines) is 1. The lowest BCUT2D eigenvalue weighted by atomic mass is 9.92. The minimum atomic E-state index is -1.82. The molecule has 1 fully saturated rings. The first-order valence-corrected chi connectivity index (χ1v) is 30.5. The standard InChI is InChI=1S/C61H109N11O13/c1-20-37(9)22-23-48(76)72-33-39(11)30-46(72)54(81)66-45(29-38(10)28-42(74)31-41(73)21-2)52(79)68-49(50(77)36(7)8)55(82)70-60(15,16)57(84)67-43(26-34(3)4)51(78)65-44(27-35(5)6)53(80)69-61(17,18)58(85)71-59(13,14)56(83)63-25-24-47(75)64-40(12)32-62-19/h22-23,34-40,42-46,49-50,62,74,77H,20-21,24-33H2,1-19H3,(H,63,83)(H,64,75)(H,65,78)(H,66,81)(H,67,84)(H,68,79)(H,69,80)(H,70,82)(H,71,85)/b23-22-/t37-,38-,39-,40-,42+,43+,44+,45+,46+,49+,50-/m1/s1. The molecular formula is C61H109N11O13. The number of nitrogens with zero attached hydrogens (tertiary/aromatic N) is 1. The number of carbonyl (C=O) groups excluding carboxylic acids is 11. The number of nitrogens with one attached hydrogen (secondary N) is 10. The topological polar surface area (TPSA) is 352 Å². The Bertz CT molecular complexity index is 2300. The van der Waals surface area contributed by atoms with Crippen molar-refractivity contribution in [3.05, 3.63) is 12.2 Å². The molecule has 12 N–H and O–H groups in total. The normalized spacial score (nSPS) is 18.0. The second-order valence-electron chi connectivity index (χ2n) is 26.4. The number of aliphatic hydroxyl groups excluding tert-OH is 2. The van der Waals surface area contributed by atoms with Crippen LogP contribution in [0.25, 0.3) is 0 Å². The maximum absolute atomic E-state index is 14.5. The molecule has 1 aliphatic heterocycles. The van der Waals surface area contributed by atoms with Crippen LogP contribution in [0.15, 0.2) is 12.2 Å². The second kappa shape index (κ2) is 35.6. The Balaban J connectivity index is 3.45. The first-order chi connectivity index (χ1) is 39.2. The van der Waals surface area contributed by atoms with Crippen molar-refractivity contribution < 1.29 is 63.0 Å². The van der Waals surface area contributed by atoms with Crippen molar-refractivity contribution in [1.29, 1.82) is 0 Å². The number of carbonyl (C=O) groups is 11. The molecule has 0 saturated carbocycles. The summed E-state index contributed by atoms with van der Waals surface area (Å²) in [5.41, 5.74) is -4.92. The molecule has 486 valence electrons. The molecule has 1 aliphatic rings. The lowest BCUT2D eigenvalue weighted by Crippen LogP contribution is -2.66. The van der Waals surface area contributed by atoms with Gasteiger partial charge in [0.1, 0.15) is 52.6 Å². The number of aliphatic hydroxyl groups is 2. The predicted octanol–water partition coefficient (Wildman–Crippen LogP) is 1.94. The summed E-state index contributed by atoms with van der Waals surface area (Å²) in [7, 11) is 1.76. The molecule has 0 aromatic rings. The van der Waals surface area contributed by atoms with Gasteiger partial charge in [-0.15, -0.1) is 0 Å². The van der Waals surface area contributed by atoms with Crippen LogP contribution in [-0.2, 0) is 52.7 Å². The maximum Gasteiger partial charge on any atom is 0.246 e. The molecule has 24 nitrogen and oxygen atoms in total. The highest BCUT2D eigenvalue weighted by atomic mass is 16.3. The molecule has 0 spiro atoms. The van der Waals surface area contributed by atoms with E-state index >= 15 is 0 Å². The summed E-state index contributed by atoms with van der Waals surface area (Å²) in [6.45, 7) is 31.0. The van der Waals surface area contributed by atoms with E-state index in [4.69, 9.17) is 0 Å². The molecule has 11 atom stereocenters. The van der Waals surface area contributed by atoms with Crippen LogP contribution in [0.3, 0.4) is 0 Å². The highest BCUT2D eigenvalue weighted by Gasteiger charge is 2.43. The van der Waals surface area contributed by atoms with Crippen molar-refractivity contribution in [2.45, 2.75) is 247 Å². The molecule has 0 unspecified atom stereocenters. The van der Waals surface area contributed by atoms with Gasteiger partial charge < -0.3 is 68.3 Å². The summed E-state index contributed by atoms with van der Waals surface area (Å²) in [6.07, 6.45) is 2.06. The van der Waals surface area contributed by atoms with Gasteiger partial charge in [0.25, 0.3) is 0 Å². The molecule has 85 heavy (non-hydrogen) atoms. The predicted molar refractivity (Wildman–Crippen MR) is 325 cm³/mol. The van der Waals surface area contributed by atoms with E-state index in [-0.39, 0.29) is 98.8 Å². The van der Waals surface area contributed by atoms with E-state index < -0.39 is 118 Å². The van der Waals surface area contributed by atoms with Gasteiger partial charge in [0.05, 0.1) is 12.2 Å². The number of amides is 10. The van der Waals surface area contributed by atoms with Crippen LogP contribution in [0.4, 0.5) is 0 Å². The van der Waals surface area contributed by atoms with E-state index in [0.717, 1.165) is 6.42 Å². The largest absolute Gasteiger partial charge is 0.393 e. The fourth-order valence-corrected chi connectivity index (χ4v) is 9.54. The number of hydrogen-bond acceptors (Lipinski definition) is 14. The van der Waals surface area contributed by atoms with Gasteiger partial charge in [-0.05, 0) is 129 Å². The Kier molecular flexibility index (Phi) is 32.2. The van der Waals surface area contributed by atoms with Gasteiger partial charge in [-0.3, -0.25) is 52.7 Å². The number of Topliss-reactive ketones (excluding diaryl/α,β-unsaturated/α-hetero) is 1. The number of likely N-dealkylation sites (N-methyl/N-ethyl adjacent to an activating group) is 1. The van der Waals surface area contributed by atoms with Crippen LogP contribution in [-0.4, -0.2) is 172 Å². The molecule has 0 aliphatic carbocycles. The number of rotatable bonds is 37. The molecule has 0 radical (unpaired) electrons. The second-order valence-corrected chi connectivity index (χ2v) is 26.4. The van der Waals surface area contributed by atoms with Crippen LogP contribution in [0.5, 0.6) is 0 Å². The third-order valence-corrected chi connectivity index (χ3v) is 14.9. The van der Waals surface area contributed by atoms with Crippen LogP contribution in [0, 0.1) is 35.5 Å². The Morgan fingerprint density at radius 1 is 0.624 bits per heavy atom. The monoisotopic (exact) mass is 1200 g/mol. The molecule has 0 aromatic carbocycles. The zero-order valence-corrected chi connectivity index (χ0v) is 54.6. The van der Waals surface area contributed by atoms with Gasteiger partial charge in [-0.2, -0.15) is 0 Å². The first-order valence-electron chi connectivity index (χ1n) is 30.5. The molecule has 24 heteroatoms. The Hall–Kier alpha value is -6.01. The Morgan fingerprint density at radius 2 is 1.15 bits per heavy atom. The van der Waals surface area contributed by atoms with Crippen LogP contribution >= 0.6 is 0 Å². The SMILES string of the molecule is CCC(=O)C[C@@H](O)C[C@@H](C)C[C@H](NC(=O)[C@@H]1C[C@@H](C)CN1C(=O)/C=C\[C@H](C)CC)C(=O)N[C@H](C(=O)NC(C)(C)C(=O)N[C@@H](CC(C)C)C(=O)N[C@@H](CC(C)C)C(=O)NC(C)(C)C(=O)NC(C)(C)C(=O)NCCC(=O)N[C@H](C)CNC)[C@H](O)C(C)C. The maximum atomic E-state index is 14.5. The summed E-state index contributed by atoms with van der Waals surface area (Å²) in [4.78, 5) is 152. The average Bonchev–Trinajstić information content (AvgIpc) is 3.97. The van der Waals surface area contributed by atoms with Crippen molar-refractivity contribution in [2.24, 2.45) is 35.5 Å². The smallest absolute Gasteiger partial charge is 0.246 e. The Morgan fingerprint density at radius 3 is 1.69 bits per heavy atom. The number of ketones is 1. The molecule has 0 aromatic heterocycles. The third kappa shape index (κ3) is 27.1. The van der Waals surface area contributed by atoms with Crippen LogP contribution < -0.4 is 53.2 Å². The fraction of sp³-hybridized carbons (Fsp3) is 0.787. The summed E-state index contributed by atoms with van der Waals surface area (Å²) >= 11 is 0. The minimum absolute atomic E-state index is 0.00469. The van der Waals surface area contributed by atoms with E-state index in [1.165, 1.54) is 52.5 Å². The van der Waals surface area contributed by atoms with Gasteiger partial charge in [0.2, 0.25) is 59.1 Å². The van der Waals surface area contributed by atoms with E-state index in [1.807, 2.05) is 55.4 Å². The molecule has 1 rings (SSSR count). The highest BCUT2D eigenvalue weighted by Crippen LogP contribution is 2.25. The molecule has 1 heterocycles. The minimum Gasteiger partial charge on any atom is -0.393 e. The molecule has 10 amide bonds. The van der Waals surface area contributed by atoms with Crippen molar-refractivity contribution in [1.82, 2.24) is 58.1 Å². The summed E-state index contributed by atoms with van der Waals surface area (Å²) in [6, 6.07) is -6.63. The lowest BCUT2D eigenvalue weighted by Gasteiger charge is -2.34. The van der Waals surface area contributed by atoms with Gasteiger partial charge in [0.15, 0.2) is 0 Å². The van der Waals surface area contributed by atoms with Crippen molar-refractivity contribution in [3.63, 3.8) is 0 Å². The highest BCUT2D eigenvalue weighted by molar-refractivity contribution is 6.00. The van der Waals surface area contributed by atoms with Gasteiger partial charge in [0, 0.05) is 44.9 Å². The van der Waals surface area contributed by atoms with Gasteiger partial charge in [-0.25, -0.2) is 0 Å². The van der Waals surface area contributed by atoms with Crippen LogP contribution in [0.1, 0.15) is 182 Å². The quantitative estimate of drug-likeness (QED) is 0.0396. The van der Waals surface area contributed by atoms with Gasteiger partial charge >= 0.3 is 0 Å². The zero-order valence-electron chi connectivity index (χ0n) is 54.6. The summed E-state index contributed by atoms with van der Waals surface area (Å²) < 4.78 is 0. The third-order valence-electron chi connectivity index (χ3n) is 14.9. The van der Waals surface area contributed by atoms with Crippen molar-refractivity contribution in [3.8, 4) is 0 Å². The Labute approximate surface area is 506 Å². The first kappa shape index (κ1) is 77.0. The lowest BCUT2D eigenvalue weighted by molar-refractivity contribution is -0.140. The number of allylic oxidation sites excluding steroid dienone is 1.